The van der Waals surface area contributed by atoms with Gasteiger partial charge in [0.15, 0.2) is 0 Å². The van der Waals surface area contributed by atoms with Crippen LogP contribution >= 0.6 is 0 Å². The van der Waals surface area contributed by atoms with Crippen molar-refractivity contribution in [1.29, 1.82) is 0 Å². The molecule has 0 aliphatic carbocycles. The molecule has 4 nitrogen and oxygen atoms in total. The van der Waals surface area contributed by atoms with Gasteiger partial charge in [-0.1, -0.05) is 13.3 Å². The van der Waals surface area contributed by atoms with Crippen molar-refractivity contribution in [2.75, 3.05) is 19.8 Å². The lowest BCUT2D eigenvalue weighted by atomic mass is 9.99. The van der Waals surface area contributed by atoms with Gasteiger partial charge >= 0.3 is 5.97 Å². The van der Waals surface area contributed by atoms with Gasteiger partial charge in [-0.15, -0.1) is 0 Å². The van der Waals surface area contributed by atoms with E-state index in [-0.39, 0.29) is 5.97 Å². The second-order valence-corrected chi connectivity index (χ2v) is 4.88. The van der Waals surface area contributed by atoms with Crippen LogP contribution in [0.5, 0.6) is 11.5 Å². The Kier molecular flexibility index (Phi) is 5.67. The lowest BCUT2D eigenvalue weighted by Crippen LogP contribution is -2.10. The molecule has 1 aliphatic heterocycles. The van der Waals surface area contributed by atoms with Crippen molar-refractivity contribution in [3.63, 3.8) is 0 Å². The summed E-state index contributed by atoms with van der Waals surface area (Å²) < 4.78 is 16.3. The Morgan fingerprint density at radius 2 is 2.24 bits per heavy atom. The molecule has 1 aromatic rings. The number of esters is 1. The maximum Gasteiger partial charge on any atom is 0.331 e. The van der Waals surface area contributed by atoms with Gasteiger partial charge in [0, 0.05) is 24.1 Å². The molecule has 0 unspecified atom stereocenters. The van der Waals surface area contributed by atoms with Crippen LogP contribution in [0.3, 0.4) is 0 Å². The van der Waals surface area contributed by atoms with E-state index in [0.29, 0.717) is 26.2 Å². The number of rotatable bonds is 6. The van der Waals surface area contributed by atoms with Crippen LogP contribution in [0.15, 0.2) is 24.3 Å². The SMILES string of the molecule is CCCCOc1ccc2c(c1)OCC/C2=C\C(=O)OCC. The Morgan fingerprint density at radius 1 is 1.38 bits per heavy atom. The first-order valence-corrected chi connectivity index (χ1v) is 7.52. The maximum absolute atomic E-state index is 11.6. The number of hydrogen-bond donors (Lipinski definition) is 0. The first kappa shape index (κ1) is 15.4. The third-order valence-electron chi connectivity index (χ3n) is 3.27. The van der Waals surface area contributed by atoms with Crippen LogP contribution in [0, 0.1) is 0 Å². The van der Waals surface area contributed by atoms with Crippen LogP contribution in [0.25, 0.3) is 5.57 Å². The van der Waals surface area contributed by atoms with E-state index < -0.39 is 0 Å². The molecule has 1 aromatic carbocycles. The summed E-state index contributed by atoms with van der Waals surface area (Å²) in [6, 6.07) is 5.76. The summed E-state index contributed by atoms with van der Waals surface area (Å²) in [4.78, 5) is 11.6. The fraction of sp³-hybridized carbons (Fsp3) is 0.471. The van der Waals surface area contributed by atoms with E-state index in [1.165, 1.54) is 0 Å². The smallest absolute Gasteiger partial charge is 0.331 e. The normalized spacial score (nSPS) is 15.2. The molecule has 114 valence electrons. The molecule has 1 heterocycles. The summed E-state index contributed by atoms with van der Waals surface area (Å²) in [5, 5.41) is 0. The van der Waals surface area contributed by atoms with Gasteiger partial charge < -0.3 is 14.2 Å². The van der Waals surface area contributed by atoms with Gasteiger partial charge in [-0.05, 0) is 31.1 Å². The summed E-state index contributed by atoms with van der Waals surface area (Å²) in [5.74, 6) is 1.27. The number of unbranched alkanes of at least 4 members (excludes halogenated alkanes) is 1. The van der Waals surface area contributed by atoms with Crippen LogP contribution in [-0.4, -0.2) is 25.8 Å². The lowest BCUT2D eigenvalue weighted by Gasteiger charge is -2.20. The van der Waals surface area contributed by atoms with Crippen molar-refractivity contribution < 1.29 is 19.0 Å². The van der Waals surface area contributed by atoms with E-state index in [2.05, 4.69) is 6.92 Å². The van der Waals surface area contributed by atoms with E-state index in [1.54, 1.807) is 13.0 Å². The van der Waals surface area contributed by atoms with Crippen LogP contribution in [0.4, 0.5) is 0 Å². The average molecular weight is 290 g/mol. The zero-order valence-corrected chi connectivity index (χ0v) is 12.7. The zero-order chi connectivity index (χ0) is 15.1. The van der Waals surface area contributed by atoms with Crippen molar-refractivity contribution in [1.82, 2.24) is 0 Å². The minimum atomic E-state index is -0.302. The quantitative estimate of drug-likeness (QED) is 0.456. The van der Waals surface area contributed by atoms with Crippen molar-refractivity contribution in [3.8, 4) is 11.5 Å². The van der Waals surface area contributed by atoms with Gasteiger partial charge in [-0.25, -0.2) is 4.79 Å². The number of benzene rings is 1. The Morgan fingerprint density at radius 3 is 3.00 bits per heavy atom. The molecule has 0 N–H and O–H groups in total. The largest absolute Gasteiger partial charge is 0.493 e. The molecule has 0 bridgehead atoms. The van der Waals surface area contributed by atoms with Crippen molar-refractivity contribution in [3.05, 3.63) is 29.8 Å². The molecule has 0 amide bonds. The fourth-order valence-electron chi connectivity index (χ4n) is 2.19. The number of fused-ring (bicyclic) bond motifs is 1. The van der Waals surface area contributed by atoms with Gasteiger partial charge in [0.05, 0.1) is 19.8 Å². The summed E-state index contributed by atoms with van der Waals surface area (Å²) in [6.07, 6.45) is 4.41. The molecule has 0 radical (unpaired) electrons. The van der Waals surface area contributed by atoms with Crippen LogP contribution < -0.4 is 9.47 Å². The van der Waals surface area contributed by atoms with E-state index >= 15 is 0 Å². The summed E-state index contributed by atoms with van der Waals surface area (Å²) in [7, 11) is 0. The Bertz CT molecular complexity index is 520. The first-order valence-electron chi connectivity index (χ1n) is 7.52. The molecule has 0 atom stereocenters. The van der Waals surface area contributed by atoms with E-state index in [0.717, 1.165) is 35.5 Å². The second kappa shape index (κ2) is 7.72. The molecule has 0 saturated carbocycles. The van der Waals surface area contributed by atoms with Gasteiger partial charge in [-0.2, -0.15) is 0 Å². The third-order valence-corrected chi connectivity index (χ3v) is 3.27. The maximum atomic E-state index is 11.6. The summed E-state index contributed by atoms with van der Waals surface area (Å²) in [5.41, 5.74) is 1.90. The second-order valence-electron chi connectivity index (χ2n) is 4.88. The van der Waals surface area contributed by atoms with Gasteiger partial charge in [0.1, 0.15) is 11.5 Å². The molecule has 2 rings (SSSR count). The highest BCUT2D eigenvalue weighted by atomic mass is 16.5. The molecule has 0 aromatic heterocycles. The number of hydrogen-bond acceptors (Lipinski definition) is 4. The van der Waals surface area contributed by atoms with Gasteiger partial charge in [0.2, 0.25) is 0 Å². The Balaban J connectivity index is 2.14. The molecule has 0 spiro atoms. The fourth-order valence-corrected chi connectivity index (χ4v) is 2.19. The standard InChI is InChI=1S/C17H22O4/c1-3-5-9-20-14-6-7-15-13(11-17(18)19-4-2)8-10-21-16(15)12-14/h6-7,11-12H,3-5,8-10H2,1-2H3/b13-11+. The van der Waals surface area contributed by atoms with Crippen molar-refractivity contribution in [2.45, 2.75) is 33.1 Å². The summed E-state index contributed by atoms with van der Waals surface area (Å²) >= 11 is 0. The highest BCUT2D eigenvalue weighted by Crippen LogP contribution is 2.35. The molecule has 4 heteroatoms. The predicted octanol–water partition coefficient (Wildman–Crippen LogP) is 3.59. The van der Waals surface area contributed by atoms with E-state index in [1.807, 2.05) is 18.2 Å². The monoisotopic (exact) mass is 290 g/mol. The molecule has 21 heavy (non-hydrogen) atoms. The van der Waals surface area contributed by atoms with E-state index in [9.17, 15) is 4.79 Å². The van der Waals surface area contributed by atoms with E-state index in [4.69, 9.17) is 14.2 Å². The lowest BCUT2D eigenvalue weighted by molar-refractivity contribution is -0.137. The topological polar surface area (TPSA) is 44.8 Å². The number of carbonyl (C=O) groups is 1. The molecular weight excluding hydrogens is 268 g/mol. The zero-order valence-electron chi connectivity index (χ0n) is 12.7. The van der Waals surface area contributed by atoms with Crippen LogP contribution in [0.2, 0.25) is 0 Å². The average Bonchev–Trinajstić information content (AvgIpc) is 2.48. The molecule has 0 fully saturated rings. The summed E-state index contributed by atoms with van der Waals surface area (Å²) in [6.45, 7) is 5.59. The Labute approximate surface area is 125 Å². The minimum absolute atomic E-state index is 0.302. The van der Waals surface area contributed by atoms with Gasteiger partial charge in [-0.3, -0.25) is 0 Å². The highest BCUT2D eigenvalue weighted by Gasteiger charge is 2.17. The highest BCUT2D eigenvalue weighted by molar-refractivity contribution is 5.92. The number of carbonyl (C=O) groups excluding carboxylic acids is 1. The molecular formula is C17H22O4. The third kappa shape index (κ3) is 4.25. The van der Waals surface area contributed by atoms with Gasteiger partial charge in [0.25, 0.3) is 0 Å². The minimum Gasteiger partial charge on any atom is -0.493 e. The number of ether oxygens (including phenoxy) is 3. The first-order chi connectivity index (χ1) is 10.2. The van der Waals surface area contributed by atoms with Crippen molar-refractivity contribution in [2.24, 2.45) is 0 Å². The molecule has 1 aliphatic rings. The Hall–Kier alpha value is -1.97. The van der Waals surface area contributed by atoms with Crippen LogP contribution in [0.1, 0.15) is 38.7 Å². The van der Waals surface area contributed by atoms with Crippen molar-refractivity contribution >= 4 is 11.5 Å². The molecule has 0 saturated heterocycles. The van der Waals surface area contributed by atoms with Crippen LogP contribution in [-0.2, 0) is 9.53 Å². The predicted molar refractivity (Wildman–Crippen MR) is 81.6 cm³/mol.